The van der Waals surface area contributed by atoms with Gasteiger partial charge < -0.3 is 9.15 Å². The molecule has 274 valence electrons. The van der Waals surface area contributed by atoms with Crippen molar-refractivity contribution in [3.63, 3.8) is 0 Å². The molecule has 0 radical (unpaired) electrons. The zero-order chi connectivity index (χ0) is 39.1. The van der Waals surface area contributed by atoms with Crippen LogP contribution in [-0.4, -0.2) is 9.97 Å². The standard InChI is InChI=1S/C54H31N3O2/c55-32-33-24-26-34(27-25-33)37-17-10-21-44-52(37)59-49-29-28-36(30-45(49)54(44)42-19-7-4-14-38(42)39-15-5-8-20-43(39)54)46-31-47(57-53(56-46)35-12-2-1-3-13-35)40-18-11-23-50-51(40)41-16-6-9-22-48(41)58-50/h1-31H. The zero-order valence-corrected chi connectivity index (χ0v) is 31.6. The fourth-order valence-electron chi connectivity index (χ4n) is 9.47. The Bertz CT molecular complexity index is 3330. The normalized spacial score (nSPS) is 13.0. The summed E-state index contributed by atoms with van der Waals surface area (Å²) >= 11 is 0. The Balaban J connectivity index is 1.12. The van der Waals surface area contributed by atoms with Crippen molar-refractivity contribution >= 4 is 21.9 Å². The Morgan fingerprint density at radius 1 is 0.458 bits per heavy atom. The average Bonchev–Trinajstić information content (AvgIpc) is 3.83. The third kappa shape index (κ3) is 4.84. The van der Waals surface area contributed by atoms with E-state index in [9.17, 15) is 5.26 Å². The molecule has 8 aromatic carbocycles. The molecule has 5 heteroatoms. The molecule has 0 saturated heterocycles. The van der Waals surface area contributed by atoms with Gasteiger partial charge in [-0.1, -0.05) is 140 Å². The van der Waals surface area contributed by atoms with Crippen LogP contribution in [0.2, 0.25) is 0 Å². The lowest BCUT2D eigenvalue weighted by atomic mass is 9.65. The molecular formula is C54H31N3O2. The van der Waals surface area contributed by atoms with Gasteiger partial charge in [-0.25, -0.2) is 9.97 Å². The number of furan rings is 1. The average molecular weight is 754 g/mol. The third-order valence-corrected chi connectivity index (χ3v) is 12.0. The van der Waals surface area contributed by atoms with Gasteiger partial charge in [0.15, 0.2) is 5.82 Å². The van der Waals surface area contributed by atoms with Crippen molar-refractivity contribution in [1.29, 1.82) is 5.26 Å². The molecular weight excluding hydrogens is 723 g/mol. The monoisotopic (exact) mass is 753 g/mol. The summed E-state index contributed by atoms with van der Waals surface area (Å²) in [6, 6.07) is 67.0. The molecule has 0 amide bonds. The van der Waals surface area contributed by atoms with Crippen LogP contribution in [0.3, 0.4) is 0 Å². The number of fused-ring (bicyclic) bond motifs is 12. The number of hydrogen-bond donors (Lipinski definition) is 0. The molecule has 0 bridgehead atoms. The maximum Gasteiger partial charge on any atom is 0.160 e. The number of nitriles is 1. The summed E-state index contributed by atoms with van der Waals surface area (Å²) < 4.78 is 13.4. The van der Waals surface area contributed by atoms with Crippen molar-refractivity contribution in [2.45, 2.75) is 5.41 Å². The lowest BCUT2D eigenvalue weighted by Gasteiger charge is -2.40. The quantitative estimate of drug-likeness (QED) is 0.179. The van der Waals surface area contributed by atoms with Gasteiger partial charge in [-0.2, -0.15) is 5.26 Å². The number of aromatic nitrogens is 2. The van der Waals surface area contributed by atoms with Crippen LogP contribution in [0, 0.1) is 11.3 Å². The van der Waals surface area contributed by atoms with Crippen LogP contribution in [0.4, 0.5) is 0 Å². The highest BCUT2D eigenvalue weighted by Gasteiger charge is 2.51. The molecule has 0 unspecified atom stereocenters. The zero-order valence-electron chi connectivity index (χ0n) is 31.6. The largest absolute Gasteiger partial charge is 0.456 e. The van der Waals surface area contributed by atoms with Crippen LogP contribution < -0.4 is 4.74 Å². The van der Waals surface area contributed by atoms with Gasteiger partial charge in [0.2, 0.25) is 0 Å². The minimum absolute atomic E-state index is 0.616. The summed E-state index contributed by atoms with van der Waals surface area (Å²) in [5, 5.41) is 11.6. The summed E-state index contributed by atoms with van der Waals surface area (Å²) in [7, 11) is 0. The number of rotatable bonds is 4. The first-order chi connectivity index (χ1) is 29.2. The molecule has 59 heavy (non-hydrogen) atoms. The van der Waals surface area contributed by atoms with E-state index in [4.69, 9.17) is 19.1 Å². The van der Waals surface area contributed by atoms with Crippen molar-refractivity contribution in [3.05, 3.63) is 216 Å². The number of ether oxygens (including phenoxy) is 1. The predicted molar refractivity (Wildman–Crippen MR) is 233 cm³/mol. The van der Waals surface area contributed by atoms with E-state index in [0.29, 0.717) is 11.4 Å². The van der Waals surface area contributed by atoms with E-state index in [1.807, 2.05) is 72.8 Å². The first kappa shape index (κ1) is 33.1. The molecule has 1 aliphatic heterocycles. The molecule has 5 nitrogen and oxygen atoms in total. The van der Waals surface area contributed by atoms with Gasteiger partial charge in [-0.05, 0) is 76.3 Å². The lowest BCUT2D eigenvalue weighted by molar-refractivity contribution is 0.438. The molecule has 1 spiro atoms. The van der Waals surface area contributed by atoms with E-state index in [1.54, 1.807) is 0 Å². The highest BCUT2D eigenvalue weighted by atomic mass is 16.5. The van der Waals surface area contributed by atoms with Crippen LogP contribution in [0.1, 0.15) is 27.8 Å². The molecule has 0 N–H and O–H groups in total. The molecule has 0 atom stereocenters. The van der Waals surface area contributed by atoms with Gasteiger partial charge in [0, 0.05) is 44.2 Å². The summed E-state index contributed by atoms with van der Waals surface area (Å²) in [6.07, 6.45) is 0. The fourth-order valence-corrected chi connectivity index (χ4v) is 9.47. The Morgan fingerprint density at radius 3 is 1.88 bits per heavy atom. The smallest absolute Gasteiger partial charge is 0.160 e. The maximum atomic E-state index is 9.56. The number of para-hydroxylation sites is 2. The minimum atomic E-state index is -0.700. The van der Waals surface area contributed by atoms with Crippen LogP contribution >= 0.6 is 0 Å². The van der Waals surface area contributed by atoms with E-state index in [0.717, 1.165) is 83.8 Å². The first-order valence-corrected chi connectivity index (χ1v) is 19.7. The molecule has 1 aliphatic carbocycles. The topological polar surface area (TPSA) is 71.9 Å². The van der Waals surface area contributed by atoms with Gasteiger partial charge >= 0.3 is 0 Å². The molecule has 3 heterocycles. The van der Waals surface area contributed by atoms with Crippen LogP contribution in [0.5, 0.6) is 11.5 Å². The molecule has 2 aromatic heterocycles. The number of benzene rings is 8. The van der Waals surface area contributed by atoms with Crippen molar-refractivity contribution in [3.8, 4) is 73.7 Å². The highest BCUT2D eigenvalue weighted by Crippen LogP contribution is 2.63. The van der Waals surface area contributed by atoms with Gasteiger partial charge in [-0.3, -0.25) is 0 Å². The number of hydrogen-bond acceptors (Lipinski definition) is 5. The SMILES string of the molecule is N#Cc1ccc(-c2cccc3c2Oc2ccc(-c4cc(-c5cccc6oc7ccccc7c56)nc(-c5ccccc5)n4)cc2C32c3ccccc3-c3ccccc32)cc1. The minimum Gasteiger partial charge on any atom is -0.456 e. The molecule has 2 aliphatic rings. The van der Waals surface area contributed by atoms with E-state index >= 15 is 0 Å². The van der Waals surface area contributed by atoms with Crippen molar-refractivity contribution in [1.82, 2.24) is 9.97 Å². The Morgan fingerprint density at radius 2 is 1.08 bits per heavy atom. The summed E-state index contributed by atoms with van der Waals surface area (Å²) in [6.45, 7) is 0. The van der Waals surface area contributed by atoms with E-state index in [1.165, 1.54) is 22.3 Å². The summed E-state index contributed by atoms with van der Waals surface area (Å²) in [5.74, 6) is 2.22. The maximum absolute atomic E-state index is 9.56. The second-order valence-electron chi connectivity index (χ2n) is 15.1. The second-order valence-corrected chi connectivity index (χ2v) is 15.1. The molecule has 0 fully saturated rings. The molecule has 12 rings (SSSR count). The van der Waals surface area contributed by atoms with Gasteiger partial charge in [0.25, 0.3) is 0 Å². The van der Waals surface area contributed by atoms with Gasteiger partial charge in [-0.15, -0.1) is 0 Å². The first-order valence-electron chi connectivity index (χ1n) is 19.7. The van der Waals surface area contributed by atoms with Gasteiger partial charge in [0.1, 0.15) is 22.7 Å². The Kier molecular flexibility index (Phi) is 7.14. The van der Waals surface area contributed by atoms with E-state index in [2.05, 4.69) is 121 Å². The summed E-state index contributed by atoms with van der Waals surface area (Å²) in [5.41, 5.74) is 14.9. The fraction of sp³-hybridized carbons (Fsp3) is 0.0185. The van der Waals surface area contributed by atoms with Crippen LogP contribution in [0.25, 0.3) is 78.1 Å². The lowest BCUT2D eigenvalue weighted by Crippen LogP contribution is -2.32. The van der Waals surface area contributed by atoms with Gasteiger partial charge in [0.05, 0.1) is 28.4 Å². The molecule has 10 aromatic rings. The molecule has 0 saturated carbocycles. The van der Waals surface area contributed by atoms with Crippen molar-refractivity contribution in [2.75, 3.05) is 0 Å². The van der Waals surface area contributed by atoms with Crippen LogP contribution in [0.15, 0.2) is 192 Å². The van der Waals surface area contributed by atoms with E-state index < -0.39 is 5.41 Å². The third-order valence-electron chi connectivity index (χ3n) is 12.0. The predicted octanol–water partition coefficient (Wildman–Crippen LogP) is 13.4. The Labute approximate surface area is 340 Å². The van der Waals surface area contributed by atoms with Crippen LogP contribution in [-0.2, 0) is 5.41 Å². The van der Waals surface area contributed by atoms with Crippen molar-refractivity contribution in [2.24, 2.45) is 0 Å². The van der Waals surface area contributed by atoms with E-state index in [-0.39, 0.29) is 0 Å². The Hall–Kier alpha value is -8.07. The highest BCUT2D eigenvalue weighted by molar-refractivity contribution is 6.12. The number of nitrogens with zero attached hydrogens (tertiary/aromatic N) is 3. The second kappa shape index (κ2) is 12.7. The summed E-state index contributed by atoms with van der Waals surface area (Å²) in [4.78, 5) is 10.5. The van der Waals surface area contributed by atoms with Crippen molar-refractivity contribution < 1.29 is 9.15 Å².